The lowest BCUT2D eigenvalue weighted by Crippen LogP contribution is -2.38. The zero-order chi connectivity index (χ0) is 19.1. The highest BCUT2D eigenvalue weighted by Gasteiger charge is 2.17. The molecule has 0 aliphatic heterocycles. The van der Waals surface area contributed by atoms with E-state index < -0.39 is 0 Å². The first-order valence-electron chi connectivity index (χ1n) is 8.76. The molecule has 1 N–H and O–H groups in total. The number of carbonyl (C=O) groups excluding carboxylic acids is 2. The SMILES string of the molecule is CCc1cccc(C)c1N(CCNC(=O)c1ccc(OC)cc1)C(C)=O. The number of ether oxygens (including phenoxy) is 1. The number of aryl methyl sites for hydroxylation is 2. The van der Waals surface area contributed by atoms with Gasteiger partial charge in [0.1, 0.15) is 5.75 Å². The Labute approximate surface area is 155 Å². The maximum atomic E-state index is 12.3. The first-order valence-corrected chi connectivity index (χ1v) is 8.76. The first kappa shape index (κ1) is 19.5. The van der Waals surface area contributed by atoms with Crippen LogP contribution in [0.1, 0.15) is 35.3 Å². The molecule has 0 saturated heterocycles. The Morgan fingerprint density at radius 3 is 2.38 bits per heavy atom. The molecule has 2 amide bonds. The molecule has 0 fully saturated rings. The smallest absolute Gasteiger partial charge is 0.251 e. The number of nitrogens with one attached hydrogen (secondary N) is 1. The Morgan fingerprint density at radius 1 is 1.12 bits per heavy atom. The number of amides is 2. The normalized spacial score (nSPS) is 10.3. The van der Waals surface area contributed by atoms with Crippen LogP contribution in [0.2, 0.25) is 0 Å². The summed E-state index contributed by atoms with van der Waals surface area (Å²) in [7, 11) is 1.58. The highest BCUT2D eigenvalue weighted by molar-refractivity contribution is 5.95. The molecule has 138 valence electrons. The van der Waals surface area contributed by atoms with Crippen LogP contribution in [0, 0.1) is 6.92 Å². The third-order valence-corrected chi connectivity index (χ3v) is 4.33. The topological polar surface area (TPSA) is 58.6 Å². The van der Waals surface area contributed by atoms with E-state index in [0.29, 0.717) is 24.4 Å². The molecule has 2 rings (SSSR count). The lowest BCUT2D eigenvalue weighted by Gasteiger charge is -2.26. The van der Waals surface area contributed by atoms with Gasteiger partial charge in [-0.3, -0.25) is 9.59 Å². The molecule has 0 unspecified atom stereocenters. The third kappa shape index (κ3) is 4.63. The van der Waals surface area contributed by atoms with Gasteiger partial charge in [-0.2, -0.15) is 0 Å². The Kier molecular flexibility index (Phi) is 6.78. The van der Waals surface area contributed by atoms with E-state index in [2.05, 4.69) is 12.2 Å². The number of nitrogens with zero attached hydrogens (tertiary/aromatic N) is 1. The zero-order valence-corrected chi connectivity index (χ0v) is 15.8. The third-order valence-electron chi connectivity index (χ3n) is 4.33. The second-order valence-electron chi connectivity index (χ2n) is 6.09. The predicted molar refractivity (Wildman–Crippen MR) is 104 cm³/mol. The van der Waals surface area contributed by atoms with Gasteiger partial charge < -0.3 is 15.0 Å². The minimum absolute atomic E-state index is 0.0345. The van der Waals surface area contributed by atoms with E-state index in [9.17, 15) is 9.59 Å². The van der Waals surface area contributed by atoms with Crippen LogP contribution in [0.5, 0.6) is 5.75 Å². The number of anilines is 1. The average Bonchev–Trinajstić information content (AvgIpc) is 2.65. The highest BCUT2D eigenvalue weighted by atomic mass is 16.5. The zero-order valence-electron chi connectivity index (χ0n) is 15.8. The maximum Gasteiger partial charge on any atom is 0.251 e. The number of rotatable bonds is 7. The first-order chi connectivity index (χ1) is 12.5. The minimum atomic E-state index is -0.170. The molecule has 2 aromatic rings. The standard InChI is InChI=1S/C21H26N2O3/c1-5-17-8-6-7-15(2)20(17)23(16(3)24)14-13-22-21(25)18-9-11-19(26-4)12-10-18/h6-12H,5,13-14H2,1-4H3,(H,22,25). The fourth-order valence-corrected chi connectivity index (χ4v) is 2.94. The summed E-state index contributed by atoms with van der Waals surface area (Å²) in [4.78, 5) is 26.2. The summed E-state index contributed by atoms with van der Waals surface area (Å²) in [6.07, 6.45) is 0.846. The van der Waals surface area contributed by atoms with Crippen molar-refractivity contribution in [2.75, 3.05) is 25.1 Å². The molecular weight excluding hydrogens is 328 g/mol. The molecule has 0 heterocycles. The number of methoxy groups -OCH3 is 1. The second-order valence-corrected chi connectivity index (χ2v) is 6.09. The summed E-state index contributed by atoms with van der Waals surface area (Å²) in [5.41, 5.74) is 3.69. The van der Waals surface area contributed by atoms with Gasteiger partial charge in [-0.25, -0.2) is 0 Å². The number of para-hydroxylation sites is 1. The van der Waals surface area contributed by atoms with E-state index in [-0.39, 0.29) is 11.8 Å². The van der Waals surface area contributed by atoms with E-state index in [4.69, 9.17) is 4.74 Å². The van der Waals surface area contributed by atoms with Crippen molar-refractivity contribution >= 4 is 17.5 Å². The van der Waals surface area contributed by atoms with E-state index >= 15 is 0 Å². The van der Waals surface area contributed by atoms with Gasteiger partial charge in [-0.15, -0.1) is 0 Å². The quantitative estimate of drug-likeness (QED) is 0.829. The molecule has 0 atom stereocenters. The van der Waals surface area contributed by atoms with Gasteiger partial charge in [0, 0.05) is 31.3 Å². The van der Waals surface area contributed by atoms with Gasteiger partial charge in [0.15, 0.2) is 0 Å². The summed E-state index contributed by atoms with van der Waals surface area (Å²) in [5, 5.41) is 2.87. The molecule has 0 aliphatic carbocycles. The monoisotopic (exact) mass is 354 g/mol. The number of benzene rings is 2. The molecule has 5 heteroatoms. The van der Waals surface area contributed by atoms with Crippen LogP contribution in [0.4, 0.5) is 5.69 Å². The number of carbonyl (C=O) groups is 2. The van der Waals surface area contributed by atoms with Crippen molar-refractivity contribution in [3.8, 4) is 5.75 Å². The highest BCUT2D eigenvalue weighted by Crippen LogP contribution is 2.25. The molecule has 2 aromatic carbocycles. The molecular formula is C21H26N2O3. The van der Waals surface area contributed by atoms with E-state index in [0.717, 1.165) is 23.2 Å². The van der Waals surface area contributed by atoms with Crippen molar-refractivity contribution in [3.63, 3.8) is 0 Å². The van der Waals surface area contributed by atoms with Crippen molar-refractivity contribution in [2.45, 2.75) is 27.2 Å². The lowest BCUT2D eigenvalue weighted by atomic mass is 10.0. The van der Waals surface area contributed by atoms with Crippen LogP contribution >= 0.6 is 0 Å². The molecule has 0 bridgehead atoms. The molecule has 0 aliphatic rings. The van der Waals surface area contributed by atoms with Gasteiger partial charge in [0.25, 0.3) is 5.91 Å². The van der Waals surface area contributed by atoms with E-state index in [1.165, 1.54) is 0 Å². The van der Waals surface area contributed by atoms with Crippen LogP contribution in [-0.4, -0.2) is 32.0 Å². The second kappa shape index (κ2) is 9.04. The van der Waals surface area contributed by atoms with E-state index in [1.54, 1.807) is 43.2 Å². The predicted octanol–water partition coefficient (Wildman–Crippen LogP) is 3.35. The number of hydrogen-bond donors (Lipinski definition) is 1. The van der Waals surface area contributed by atoms with Crippen molar-refractivity contribution < 1.29 is 14.3 Å². The average molecular weight is 354 g/mol. The Morgan fingerprint density at radius 2 is 1.81 bits per heavy atom. The van der Waals surface area contributed by atoms with Crippen LogP contribution in [0.3, 0.4) is 0 Å². The molecule has 5 nitrogen and oxygen atoms in total. The van der Waals surface area contributed by atoms with Gasteiger partial charge in [-0.1, -0.05) is 25.1 Å². The Bertz CT molecular complexity index is 769. The number of hydrogen-bond acceptors (Lipinski definition) is 3. The van der Waals surface area contributed by atoms with Gasteiger partial charge in [0.2, 0.25) is 5.91 Å². The van der Waals surface area contributed by atoms with E-state index in [1.807, 2.05) is 25.1 Å². The Balaban J connectivity index is 2.05. The van der Waals surface area contributed by atoms with Crippen LogP contribution in [0.15, 0.2) is 42.5 Å². The van der Waals surface area contributed by atoms with Crippen LogP contribution in [-0.2, 0) is 11.2 Å². The lowest BCUT2D eigenvalue weighted by molar-refractivity contribution is -0.116. The summed E-state index contributed by atoms with van der Waals surface area (Å²) in [6, 6.07) is 13.0. The molecule has 26 heavy (non-hydrogen) atoms. The molecule has 0 aromatic heterocycles. The summed E-state index contributed by atoms with van der Waals surface area (Å²) >= 11 is 0. The minimum Gasteiger partial charge on any atom is -0.497 e. The van der Waals surface area contributed by atoms with Crippen molar-refractivity contribution in [3.05, 3.63) is 59.2 Å². The van der Waals surface area contributed by atoms with Gasteiger partial charge in [-0.05, 0) is 48.7 Å². The van der Waals surface area contributed by atoms with Gasteiger partial charge >= 0.3 is 0 Å². The molecule has 0 radical (unpaired) electrons. The summed E-state index contributed by atoms with van der Waals surface area (Å²) in [5.74, 6) is 0.500. The van der Waals surface area contributed by atoms with Crippen LogP contribution in [0.25, 0.3) is 0 Å². The Hall–Kier alpha value is -2.82. The molecule has 0 saturated carbocycles. The van der Waals surface area contributed by atoms with Crippen molar-refractivity contribution in [1.82, 2.24) is 5.32 Å². The molecule has 0 spiro atoms. The van der Waals surface area contributed by atoms with Gasteiger partial charge in [0.05, 0.1) is 7.11 Å². The van der Waals surface area contributed by atoms with Crippen molar-refractivity contribution in [1.29, 1.82) is 0 Å². The fourth-order valence-electron chi connectivity index (χ4n) is 2.94. The largest absolute Gasteiger partial charge is 0.497 e. The summed E-state index contributed by atoms with van der Waals surface area (Å²) in [6.45, 7) is 6.43. The summed E-state index contributed by atoms with van der Waals surface area (Å²) < 4.78 is 5.09. The fraction of sp³-hybridized carbons (Fsp3) is 0.333. The van der Waals surface area contributed by atoms with Crippen LogP contribution < -0.4 is 15.0 Å². The van der Waals surface area contributed by atoms with Crippen molar-refractivity contribution in [2.24, 2.45) is 0 Å². The maximum absolute atomic E-state index is 12.3.